The third-order valence-electron chi connectivity index (χ3n) is 8.90. The van der Waals surface area contributed by atoms with E-state index in [9.17, 15) is 4.79 Å². The van der Waals surface area contributed by atoms with Crippen molar-refractivity contribution in [1.29, 1.82) is 0 Å². The zero-order valence-corrected chi connectivity index (χ0v) is 22.7. The molecular weight excluding hydrogens is 512 g/mol. The van der Waals surface area contributed by atoms with E-state index < -0.39 is 0 Å². The molecule has 0 saturated carbocycles. The fourth-order valence-electron chi connectivity index (χ4n) is 6.98. The highest BCUT2D eigenvalue weighted by Crippen LogP contribution is 2.46. The van der Waals surface area contributed by atoms with Gasteiger partial charge in [0.25, 0.3) is 5.56 Å². The molecule has 0 aliphatic heterocycles. The molecular formula is C39H24N2O. The van der Waals surface area contributed by atoms with Crippen molar-refractivity contribution in [2.75, 3.05) is 0 Å². The molecule has 3 heteroatoms. The fourth-order valence-corrected chi connectivity index (χ4v) is 6.98. The molecule has 196 valence electrons. The highest BCUT2D eigenvalue weighted by molar-refractivity contribution is 6.19. The van der Waals surface area contributed by atoms with Gasteiger partial charge >= 0.3 is 0 Å². The Balaban J connectivity index is 1.17. The quantitative estimate of drug-likeness (QED) is 0.211. The minimum absolute atomic E-state index is 0.00186. The van der Waals surface area contributed by atoms with E-state index in [2.05, 4.69) is 103 Å². The summed E-state index contributed by atoms with van der Waals surface area (Å²) in [5.41, 5.74) is 11.4. The average Bonchev–Trinajstić information content (AvgIpc) is 3.61. The lowest BCUT2D eigenvalue weighted by molar-refractivity contribution is 1.07. The lowest BCUT2D eigenvalue weighted by Gasteiger charge is -2.18. The number of aromatic nitrogens is 2. The number of pyridine rings is 2. The number of hydrogen-bond donors (Lipinski definition) is 0. The summed E-state index contributed by atoms with van der Waals surface area (Å²) in [5, 5.41) is 3.71. The van der Waals surface area contributed by atoms with Crippen LogP contribution in [0.1, 0.15) is 28.2 Å². The fraction of sp³-hybridized carbons (Fsp3) is 0.0256. The molecule has 0 spiro atoms. The van der Waals surface area contributed by atoms with E-state index in [0.717, 1.165) is 43.8 Å². The molecule has 9 rings (SSSR count). The minimum atomic E-state index is 0.00186. The summed E-state index contributed by atoms with van der Waals surface area (Å²) in [4.78, 5) is 18.3. The Labute approximate surface area is 242 Å². The van der Waals surface area contributed by atoms with E-state index in [1.54, 1.807) is 0 Å². The smallest absolute Gasteiger partial charge is 0.263 e. The lowest BCUT2D eigenvalue weighted by atomic mass is 9.85. The monoisotopic (exact) mass is 536 g/mol. The van der Waals surface area contributed by atoms with E-state index >= 15 is 0 Å². The third kappa shape index (κ3) is 3.22. The summed E-state index contributed by atoms with van der Waals surface area (Å²) in [6, 6.07) is 44.6. The van der Waals surface area contributed by atoms with Gasteiger partial charge in [-0.3, -0.25) is 14.2 Å². The van der Waals surface area contributed by atoms with E-state index in [0.29, 0.717) is 5.39 Å². The molecule has 5 aromatic carbocycles. The normalized spacial score (nSPS) is 14.7. The lowest BCUT2D eigenvalue weighted by Crippen LogP contribution is -2.13. The van der Waals surface area contributed by atoms with Gasteiger partial charge in [0.2, 0.25) is 0 Å². The second-order valence-electron chi connectivity index (χ2n) is 11.1. The summed E-state index contributed by atoms with van der Waals surface area (Å²) in [7, 11) is 0. The summed E-state index contributed by atoms with van der Waals surface area (Å²) >= 11 is 0. The minimum Gasteiger partial charge on any atom is -0.273 e. The SMILES string of the molecule is O=c1c2ccccc2c2nccc3c4cc(-c5ccc(C6=Cc7ccccc7C6c6ccccc6)cc5)ccc4n1c32. The molecule has 0 radical (unpaired) electrons. The van der Waals surface area contributed by atoms with E-state index in [-0.39, 0.29) is 11.5 Å². The average molecular weight is 537 g/mol. The van der Waals surface area contributed by atoms with Gasteiger partial charge in [0, 0.05) is 33.7 Å². The Morgan fingerprint density at radius 3 is 2.17 bits per heavy atom. The molecule has 8 aromatic rings. The first-order valence-corrected chi connectivity index (χ1v) is 14.3. The second-order valence-corrected chi connectivity index (χ2v) is 11.1. The number of allylic oxidation sites excluding steroid dienone is 1. The predicted octanol–water partition coefficient (Wildman–Crippen LogP) is 8.95. The Bertz CT molecular complexity index is 2420. The molecule has 3 aromatic heterocycles. The van der Waals surface area contributed by atoms with Crippen LogP contribution in [0.25, 0.3) is 60.9 Å². The summed E-state index contributed by atoms with van der Waals surface area (Å²) in [6.45, 7) is 0. The maximum Gasteiger partial charge on any atom is 0.263 e. The van der Waals surface area contributed by atoms with Crippen LogP contribution in [0.5, 0.6) is 0 Å². The molecule has 0 fully saturated rings. The maximum absolute atomic E-state index is 13.6. The van der Waals surface area contributed by atoms with Crippen LogP contribution < -0.4 is 5.56 Å². The molecule has 1 aliphatic rings. The standard InChI is InChI=1S/C39H24N2O/c42-39-32-13-7-6-12-30(32)37-38-31(20-21-40-37)34-22-27(18-19-35(34)41(38)39)24-14-16-25(17-15-24)33-23-28-10-4-5-11-29(28)36(33)26-8-2-1-3-9-26/h1-23,36H. The number of hydrogen-bond acceptors (Lipinski definition) is 2. The van der Waals surface area contributed by atoms with Crippen LogP contribution in [-0.2, 0) is 0 Å². The second kappa shape index (κ2) is 8.73. The molecule has 1 atom stereocenters. The van der Waals surface area contributed by atoms with Crippen LogP contribution in [0.3, 0.4) is 0 Å². The van der Waals surface area contributed by atoms with Crippen molar-refractivity contribution in [3.05, 3.63) is 166 Å². The predicted molar refractivity (Wildman–Crippen MR) is 173 cm³/mol. The number of benzene rings is 5. The third-order valence-corrected chi connectivity index (χ3v) is 8.90. The molecule has 1 unspecified atom stereocenters. The first-order chi connectivity index (χ1) is 20.8. The zero-order valence-electron chi connectivity index (χ0n) is 22.7. The molecule has 0 amide bonds. The van der Waals surface area contributed by atoms with Crippen molar-refractivity contribution >= 4 is 49.7 Å². The number of fused-ring (bicyclic) bond motifs is 6. The maximum atomic E-state index is 13.6. The first kappa shape index (κ1) is 23.2. The van der Waals surface area contributed by atoms with Crippen molar-refractivity contribution < 1.29 is 0 Å². The number of rotatable bonds is 3. The van der Waals surface area contributed by atoms with Gasteiger partial charge in [-0.1, -0.05) is 103 Å². The van der Waals surface area contributed by atoms with E-state index in [4.69, 9.17) is 4.98 Å². The van der Waals surface area contributed by atoms with Crippen LogP contribution in [-0.4, -0.2) is 9.38 Å². The molecule has 42 heavy (non-hydrogen) atoms. The van der Waals surface area contributed by atoms with Gasteiger partial charge in [0.15, 0.2) is 0 Å². The van der Waals surface area contributed by atoms with Gasteiger partial charge in [-0.05, 0) is 69.3 Å². The highest BCUT2D eigenvalue weighted by Gasteiger charge is 2.27. The van der Waals surface area contributed by atoms with Crippen molar-refractivity contribution in [1.82, 2.24) is 9.38 Å². The Morgan fingerprint density at radius 2 is 1.31 bits per heavy atom. The number of nitrogens with zero attached hydrogens (tertiary/aromatic N) is 2. The molecule has 3 heterocycles. The summed E-state index contributed by atoms with van der Waals surface area (Å²) in [6.07, 6.45) is 4.19. The first-order valence-electron chi connectivity index (χ1n) is 14.3. The van der Waals surface area contributed by atoms with Crippen molar-refractivity contribution in [3.8, 4) is 11.1 Å². The van der Waals surface area contributed by atoms with Gasteiger partial charge in [0.05, 0.1) is 16.6 Å². The summed E-state index contributed by atoms with van der Waals surface area (Å²) in [5.74, 6) is 0.217. The Hall–Kier alpha value is -5.54. The van der Waals surface area contributed by atoms with Gasteiger partial charge in [-0.15, -0.1) is 0 Å². The zero-order chi connectivity index (χ0) is 27.8. The Kier molecular flexibility index (Phi) is 4.82. The van der Waals surface area contributed by atoms with E-state index in [1.165, 1.54) is 27.8 Å². The summed E-state index contributed by atoms with van der Waals surface area (Å²) < 4.78 is 1.84. The molecule has 0 bridgehead atoms. The molecule has 1 aliphatic carbocycles. The highest BCUT2D eigenvalue weighted by atomic mass is 16.1. The molecule has 0 N–H and O–H groups in total. The Morgan fingerprint density at radius 1 is 0.595 bits per heavy atom. The van der Waals surface area contributed by atoms with Gasteiger partial charge in [0.1, 0.15) is 0 Å². The molecule has 0 saturated heterocycles. The van der Waals surface area contributed by atoms with Gasteiger partial charge in [-0.25, -0.2) is 0 Å². The van der Waals surface area contributed by atoms with Gasteiger partial charge < -0.3 is 0 Å². The van der Waals surface area contributed by atoms with Crippen LogP contribution in [0.4, 0.5) is 0 Å². The van der Waals surface area contributed by atoms with Crippen LogP contribution >= 0.6 is 0 Å². The van der Waals surface area contributed by atoms with Crippen LogP contribution in [0.15, 0.2) is 138 Å². The van der Waals surface area contributed by atoms with Gasteiger partial charge in [-0.2, -0.15) is 0 Å². The van der Waals surface area contributed by atoms with E-state index in [1.807, 2.05) is 40.9 Å². The topological polar surface area (TPSA) is 34.4 Å². The van der Waals surface area contributed by atoms with Crippen LogP contribution in [0.2, 0.25) is 0 Å². The van der Waals surface area contributed by atoms with Crippen LogP contribution in [0, 0.1) is 0 Å². The largest absolute Gasteiger partial charge is 0.273 e. The van der Waals surface area contributed by atoms with Crippen molar-refractivity contribution in [2.45, 2.75) is 5.92 Å². The molecule has 3 nitrogen and oxygen atoms in total. The van der Waals surface area contributed by atoms with Crippen molar-refractivity contribution in [2.24, 2.45) is 0 Å². The van der Waals surface area contributed by atoms with Crippen molar-refractivity contribution in [3.63, 3.8) is 0 Å².